The first kappa shape index (κ1) is 15.9. The third-order valence-corrected chi connectivity index (χ3v) is 3.94. The molecule has 24 heavy (non-hydrogen) atoms. The number of amides is 1. The van der Waals surface area contributed by atoms with Gasteiger partial charge in [-0.25, -0.2) is 4.98 Å². The van der Waals surface area contributed by atoms with Crippen LogP contribution in [0.3, 0.4) is 0 Å². The van der Waals surface area contributed by atoms with Gasteiger partial charge in [-0.05, 0) is 18.6 Å². The first-order chi connectivity index (χ1) is 11.6. The normalized spacial score (nSPS) is 19.4. The van der Waals surface area contributed by atoms with Gasteiger partial charge in [0.25, 0.3) is 11.6 Å². The van der Waals surface area contributed by atoms with Gasteiger partial charge in [-0.1, -0.05) is 12.2 Å². The lowest BCUT2D eigenvalue weighted by molar-refractivity contribution is -0.384. The highest BCUT2D eigenvalue weighted by molar-refractivity contribution is 5.95. The standard InChI is InChI=1S/C16H16N4O4/c21-9-11-1-3-13(7-11)18-16(22)12-2-4-14(15(8-12)20(23)24)19-6-5-17-10-19/h1-6,8,10-11,13,21H,7,9H2,(H,18,22)/t11-,13+/m0/s1. The lowest BCUT2D eigenvalue weighted by Crippen LogP contribution is -2.33. The fraction of sp³-hybridized carbons (Fsp3) is 0.250. The van der Waals surface area contributed by atoms with Crippen LogP contribution in [-0.2, 0) is 0 Å². The van der Waals surface area contributed by atoms with Crippen molar-refractivity contribution in [2.45, 2.75) is 12.5 Å². The van der Waals surface area contributed by atoms with Crippen molar-refractivity contribution < 1.29 is 14.8 Å². The molecule has 2 atom stereocenters. The van der Waals surface area contributed by atoms with E-state index >= 15 is 0 Å². The second-order valence-corrected chi connectivity index (χ2v) is 5.57. The minimum absolute atomic E-state index is 0.0354. The van der Waals surface area contributed by atoms with E-state index in [4.69, 9.17) is 5.11 Å². The summed E-state index contributed by atoms with van der Waals surface area (Å²) >= 11 is 0. The molecule has 0 spiro atoms. The molecule has 8 heteroatoms. The number of rotatable bonds is 5. The van der Waals surface area contributed by atoms with Crippen molar-refractivity contribution in [3.63, 3.8) is 0 Å². The number of nitrogens with zero attached hydrogens (tertiary/aromatic N) is 3. The highest BCUT2D eigenvalue weighted by Crippen LogP contribution is 2.24. The summed E-state index contributed by atoms with van der Waals surface area (Å²) in [5.41, 5.74) is 0.386. The van der Waals surface area contributed by atoms with Gasteiger partial charge in [-0.3, -0.25) is 14.9 Å². The topological polar surface area (TPSA) is 110 Å². The molecule has 0 unspecified atom stereocenters. The van der Waals surface area contributed by atoms with E-state index in [1.54, 1.807) is 12.3 Å². The number of carbonyl (C=O) groups excluding carboxylic acids is 1. The van der Waals surface area contributed by atoms with Crippen molar-refractivity contribution in [1.29, 1.82) is 0 Å². The number of nitro benzene ring substituents is 1. The van der Waals surface area contributed by atoms with Gasteiger partial charge < -0.3 is 15.0 Å². The van der Waals surface area contributed by atoms with Crippen LogP contribution in [0.4, 0.5) is 5.69 Å². The Morgan fingerprint density at radius 3 is 2.92 bits per heavy atom. The largest absolute Gasteiger partial charge is 0.396 e. The molecule has 1 aliphatic carbocycles. The van der Waals surface area contributed by atoms with E-state index in [9.17, 15) is 14.9 Å². The molecule has 0 saturated carbocycles. The molecule has 0 radical (unpaired) electrons. The maximum atomic E-state index is 12.3. The number of nitrogens with one attached hydrogen (secondary N) is 1. The van der Waals surface area contributed by atoms with Crippen LogP contribution in [0.15, 0.2) is 49.1 Å². The van der Waals surface area contributed by atoms with Crippen molar-refractivity contribution >= 4 is 11.6 Å². The lowest BCUT2D eigenvalue weighted by atomic mass is 10.1. The molecule has 1 aromatic carbocycles. The highest BCUT2D eigenvalue weighted by Gasteiger charge is 2.22. The van der Waals surface area contributed by atoms with Crippen molar-refractivity contribution in [2.24, 2.45) is 5.92 Å². The van der Waals surface area contributed by atoms with E-state index in [2.05, 4.69) is 10.3 Å². The van der Waals surface area contributed by atoms with Gasteiger partial charge in [0.15, 0.2) is 0 Å². The number of aliphatic hydroxyl groups excluding tert-OH is 1. The van der Waals surface area contributed by atoms with Gasteiger partial charge in [0.1, 0.15) is 5.69 Å². The second kappa shape index (κ2) is 6.63. The van der Waals surface area contributed by atoms with Crippen LogP contribution < -0.4 is 5.32 Å². The van der Waals surface area contributed by atoms with E-state index < -0.39 is 4.92 Å². The summed E-state index contributed by atoms with van der Waals surface area (Å²) in [6, 6.07) is 4.14. The summed E-state index contributed by atoms with van der Waals surface area (Å²) in [4.78, 5) is 27.0. The van der Waals surface area contributed by atoms with Crippen LogP contribution in [0.2, 0.25) is 0 Å². The summed E-state index contributed by atoms with van der Waals surface area (Å²) in [6.45, 7) is 0.0357. The molecule has 3 rings (SSSR count). The molecular weight excluding hydrogens is 312 g/mol. The Kier molecular flexibility index (Phi) is 4.39. The van der Waals surface area contributed by atoms with Crippen LogP contribution in [-0.4, -0.2) is 38.1 Å². The van der Waals surface area contributed by atoms with Crippen molar-refractivity contribution in [3.05, 3.63) is 64.7 Å². The zero-order valence-corrected chi connectivity index (χ0v) is 12.7. The average molecular weight is 328 g/mol. The number of hydrogen-bond donors (Lipinski definition) is 2. The maximum Gasteiger partial charge on any atom is 0.294 e. The molecule has 1 aliphatic rings. The molecule has 1 heterocycles. The molecule has 0 aliphatic heterocycles. The smallest absolute Gasteiger partial charge is 0.294 e. The molecule has 2 aromatic rings. The van der Waals surface area contributed by atoms with E-state index in [1.165, 1.54) is 29.2 Å². The number of benzene rings is 1. The summed E-state index contributed by atoms with van der Waals surface area (Å²) < 4.78 is 1.52. The lowest BCUT2D eigenvalue weighted by Gasteiger charge is -2.13. The van der Waals surface area contributed by atoms with Crippen LogP contribution in [0, 0.1) is 16.0 Å². The monoisotopic (exact) mass is 328 g/mol. The predicted octanol–water partition coefficient (Wildman–Crippen LogP) is 1.45. The predicted molar refractivity (Wildman–Crippen MR) is 85.8 cm³/mol. The Bertz CT molecular complexity index is 785. The van der Waals surface area contributed by atoms with Gasteiger partial charge >= 0.3 is 0 Å². The molecule has 0 saturated heterocycles. The molecular formula is C16H16N4O4. The quantitative estimate of drug-likeness (QED) is 0.490. The van der Waals surface area contributed by atoms with E-state index in [0.717, 1.165) is 0 Å². The Labute approximate surface area is 137 Å². The molecule has 1 aromatic heterocycles. The van der Waals surface area contributed by atoms with Gasteiger partial charge in [-0.2, -0.15) is 0 Å². The summed E-state index contributed by atoms with van der Waals surface area (Å²) in [5.74, 6) is -0.350. The minimum Gasteiger partial charge on any atom is -0.396 e. The molecule has 124 valence electrons. The number of imidazole rings is 1. The van der Waals surface area contributed by atoms with Crippen molar-refractivity contribution in [2.75, 3.05) is 6.61 Å². The SMILES string of the molecule is O=C(N[C@@H]1C=C[C@H](CO)C1)c1ccc(-n2ccnc2)c([N+](=O)[O-])c1. The van der Waals surface area contributed by atoms with Crippen molar-refractivity contribution in [3.8, 4) is 5.69 Å². The van der Waals surface area contributed by atoms with Gasteiger partial charge in [0, 0.05) is 42.6 Å². The number of carbonyl (C=O) groups is 1. The van der Waals surface area contributed by atoms with Crippen LogP contribution in [0.25, 0.3) is 5.69 Å². The average Bonchev–Trinajstić information content (AvgIpc) is 3.25. The van der Waals surface area contributed by atoms with E-state index in [0.29, 0.717) is 12.1 Å². The van der Waals surface area contributed by atoms with Gasteiger partial charge in [0.05, 0.1) is 11.3 Å². The van der Waals surface area contributed by atoms with Crippen LogP contribution in [0.1, 0.15) is 16.8 Å². The first-order valence-electron chi connectivity index (χ1n) is 7.45. The molecule has 2 N–H and O–H groups in total. The number of aromatic nitrogens is 2. The molecule has 0 fully saturated rings. The molecule has 1 amide bonds. The number of hydrogen-bond acceptors (Lipinski definition) is 5. The van der Waals surface area contributed by atoms with Crippen LogP contribution >= 0.6 is 0 Å². The van der Waals surface area contributed by atoms with Gasteiger partial charge in [0.2, 0.25) is 0 Å². The molecule has 8 nitrogen and oxygen atoms in total. The third kappa shape index (κ3) is 3.18. The fourth-order valence-electron chi connectivity index (χ4n) is 2.70. The minimum atomic E-state index is -0.524. The van der Waals surface area contributed by atoms with Crippen LogP contribution in [0.5, 0.6) is 0 Å². The Morgan fingerprint density at radius 2 is 2.29 bits per heavy atom. The number of nitro groups is 1. The Hall–Kier alpha value is -3.00. The molecule has 0 bridgehead atoms. The van der Waals surface area contributed by atoms with E-state index in [-0.39, 0.29) is 35.7 Å². The summed E-state index contributed by atoms with van der Waals surface area (Å²) in [6.07, 6.45) is 8.88. The first-order valence-corrected chi connectivity index (χ1v) is 7.45. The Balaban J connectivity index is 1.81. The van der Waals surface area contributed by atoms with E-state index in [1.807, 2.05) is 12.2 Å². The third-order valence-electron chi connectivity index (χ3n) is 3.94. The number of aliphatic hydroxyl groups is 1. The van der Waals surface area contributed by atoms with Crippen molar-refractivity contribution in [1.82, 2.24) is 14.9 Å². The summed E-state index contributed by atoms with van der Waals surface area (Å²) in [5, 5.41) is 23.2. The summed E-state index contributed by atoms with van der Waals surface area (Å²) in [7, 11) is 0. The fourth-order valence-corrected chi connectivity index (χ4v) is 2.70. The van der Waals surface area contributed by atoms with Gasteiger partial charge in [-0.15, -0.1) is 0 Å². The highest BCUT2D eigenvalue weighted by atomic mass is 16.6. The zero-order chi connectivity index (χ0) is 17.1. The second-order valence-electron chi connectivity index (χ2n) is 5.57. The maximum absolute atomic E-state index is 12.3. The zero-order valence-electron chi connectivity index (χ0n) is 12.7. The Morgan fingerprint density at radius 1 is 1.46 bits per heavy atom.